The van der Waals surface area contributed by atoms with Crippen molar-refractivity contribution >= 4 is 11.6 Å². The standard InChI is InChI=1S/C12H14F2N2O/c1-7(2)6-16(3)12(17)8-4-9(13)10(14)5-11(8)15/h4-5H,1,6,15H2,2-3H3. The lowest BCUT2D eigenvalue weighted by Gasteiger charge is -2.18. The van der Waals surface area contributed by atoms with E-state index >= 15 is 0 Å². The first-order valence-electron chi connectivity index (χ1n) is 4.97. The molecule has 1 aromatic rings. The van der Waals surface area contributed by atoms with Crippen molar-refractivity contribution < 1.29 is 13.6 Å². The SMILES string of the molecule is C=C(C)CN(C)C(=O)c1cc(F)c(F)cc1N. The molecule has 2 N–H and O–H groups in total. The van der Waals surface area contributed by atoms with Crippen molar-refractivity contribution in [2.24, 2.45) is 0 Å². The smallest absolute Gasteiger partial charge is 0.256 e. The highest BCUT2D eigenvalue weighted by atomic mass is 19.2. The molecule has 0 bridgehead atoms. The monoisotopic (exact) mass is 240 g/mol. The zero-order valence-electron chi connectivity index (χ0n) is 9.76. The molecule has 0 radical (unpaired) electrons. The summed E-state index contributed by atoms with van der Waals surface area (Å²) in [4.78, 5) is 13.2. The second-order valence-corrected chi connectivity index (χ2v) is 3.97. The summed E-state index contributed by atoms with van der Waals surface area (Å²) in [5.41, 5.74) is 6.13. The molecule has 0 aliphatic heterocycles. The normalized spacial score (nSPS) is 10.1. The Morgan fingerprint density at radius 1 is 1.41 bits per heavy atom. The van der Waals surface area contributed by atoms with Crippen LogP contribution >= 0.6 is 0 Å². The molecular weight excluding hydrogens is 226 g/mol. The highest BCUT2D eigenvalue weighted by Crippen LogP contribution is 2.18. The molecule has 0 spiro atoms. The topological polar surface area (TPSA) is 46.3 Å². The van der Waals surface area contributed by atoms with Crippen molar-refractivity contribution in [3.05, 3.63) is 41.5 Å². The Bertz CT molecular complexity index is 472. The summed E-state index contributed by atoms with van der Waals surface area (Å²) in [6.45, 7) is 5.76. The largest absolute Gasteiger partial charge is 0.398 e. The van der Waals surface area contributed by atoms with Crippen molar-refractivity contribution in [1.29, 1.82) is 0 Å². The van der Waals surface area contributed by atoms with Crippen LogP contribution in [0.15, 0.2) is 24.3 Å². The molecule has 92 valence electrons. The van der Waals surface area contributed by atoms with Crippen LogP contribution in [0.1, 0.15) is 17.3 Å². The average Bonchev–Trinajstić information content (AvgIpc) is 2.21. The molecule has 1 aromatic carbocycles. The zero-order valence-corrected chi connectivity index (χ0v) is 9.76. The number of amides is 1. The number of hydrogen-bond donors (Lipinski definition) is 1. The second kappa shape index (κ2) is 4.95. The first kappa shape index (κ1) is 13.2. The minimum atomic E-state index is -1.09. The van der Waals surface area contributed by atoms with Crippen molar-refractivity contribution in [1.82, 2.24) is 4.90 Å². The summed E-state index contributed by atoms with van der Waals surface area (Å²) in [7, 11) is 1.54. The number of hydrogen-bond acceptors (Lipinski definition) is 2. The Morgan fingerprint density at radius 3 is 2.47 bits per heavy atom. The number of benzene rings is 1. The van der Waals surface area contributed by atoms with E-state index in [2.05, 4.69) is 6.58 Å². The summed E-state index contributed by atoms with van der Waals surface area (Å²) in [6.07, 6.45) is 0. The van der Waals surface area contributed by atoms with Crippen LogP contribution in [0.5, 0.6) is 0 Å². The molecular formula is C12H14F2N2O. The second-order valence-electron chi connectivity index (χ2n) is 3.97. The maximum Gasteiger partial charge on any atom is 0.256 e. The van der Waals surface area contributed by atoms with Gasteiger partial charge in [0.15, 0.2) is 11.6 Å². The van der Waals surface area contributed by atoms with E-state index in [1.165, 1.54) is 11.9 Å². The maximum atomic E-state index is 13.0. The van der Waals surface area contributed by atoms with Gasteiger partial charge in [-0.25, -0.2) is 8.78 Å². The molecule has 1 rings (SSSR count). The van der Waals surface area contributed by atoms with Gasteiger partial charge in [0.1, 0.15) is 0 Å². The summed E-state index contributed by atoms with van der Waals surface area (Å²) in [5.74, 6) is -2.63. The molecule has 3 nitrogen and oxygen atoms in total. The Morgan fingerprint density at radius 2 is 1.94 bits per heavy atom. The van der Waals surface area contributed by atoms with Gasteiger partial charge in [0, 0.05) is 25.3 Å². The maximum absolute atomic E-state index is 13.0. The van der Waals surface area contributed by atoms with Gasteiger partial charge in [-0.3, -0.25) is 4.79 Å². The number of nitrogen functional groups attached to an aromatic ring is 1. The van der Waals surface area contributed by atoms with Crippen LogP contribution in [0.2, 0.25) is 0 Å². The van der Waals surface area contributed by atoms with Gasteiger partial charge < -0.3 is 10.6 Å². The molecule has 0 heterocycles. The number of halogens is 2. The van der Waals surface area contributed by atoms with Crippen molar-refractivity contribution in [2.75, 3.05) is 19.3 Å². The molecule has 0 fully saturated rings. The number of carbonyl (C=O) groups excluding carboxylic acids is 1. The van der Waals surface area contributed by atoms with E-state index in [9.17, 15) is 13.6 Å². The predicted octanol–water partition coefficient (Wildman–Crippen LogP) is 2.20. The van der Waals surface area contributed by atoms with Gasteiger partial charge >= 0.3 is 0 Å². The lowest BCUT2D eigenvalue weighted by atomic mass is 10.1. The predicted molar refractivity (Wildman–Crippen MR) is 62.5 cm³/mol. The summed E-state index contributed by atoms with van der Waals surface area (Å²) in [5, 5.41) is 0. The van der Waals surface area contributed by atoms with E-state index in [0.717, 1.165) is 17.7 Å². The molecule has 1 amide bonds. The van der Waals surface area contributed by atoms with E-state index < -0.39 is 17.5 Å². The van der Waals surface area contributed by atoms with Crippen molar-refractivity contribution in [3.63, 3.8) is 0 Å². The quantitative estimate of drug-likeness (QED) is 0.650. The number of likely N-dealkylation sites (N-methyl/N-ethyl adjacent to an activating group) is 1. The summed E-state index contributed by atoms with van der Waals surface area (Å²) < 4.78 is 25.9. The third-order valence-electron chi connectivity index (χ3n) is 2.18. The van der Waals surface area contributed by atoms with Gasteiger partial charge in [0.2, 0.25) is 0 Å². The lowest BCUT2D eigenvalue weighted by Crippen LogP contribution is -2.29. The molecule has 17 heavy (non-hydrogen) atoms. The van der Waals surface area contributed by atoms with Crippen LogP contribution < -0.4 is 5.73 Å². The van der Waals surface area contributed by atoms with Gasteiger partial charge in [-0.05, 0) is 13.0 Å². The third kappa shape index (κ3) is 3.03. The molecule has 0 unspecified atom stereocenters. The minimum Gasteiger partial charge on any atom is -0.398 e. The van der Waals surface area contributed by atoms with Gasteiger partial charge in [-0.1, -0.05) is 12.2 Å². The van der Waals surface area contributed by atoms with Crippen LogP contribution in [0, 0.1) is 11.6 Å². The fourth-order valence-electron chi connectivity index (χ4n) is 1.43. The molecule has 0 aromatic heterocycles. The molecule has 0 aliphatic carbocycles. The average molecular weight is 240 g/mol. The number of carbonyl (C=O) groups is 1. The fourth-order valence-corrected chi connectivity index (χ4v) is 1.43. The lowest BCUT2D eigenvalue weighted by molar-refractivity contribution is 0.0807. The van der Waals surface area contributed by atoms with E-state index in [-0.39, 0.29) is 11.3 Å². The van der Waals surface area contributed by atoms with Gasteiger partial charge in [0.25, 0.3) is 5.91 Å². The summed E-state index contributed by atoms with van der Waals surface area (Å²) in [6, 6.07) is 1.61. The highest BCUT2D eigenvalue weighted by Gasteiger charge is 2.17. The van der Waals surface area contributed by atoms with Crippen LogP contribution in [-0.4, -0.2) is 24.4 Å². The molecule has 0 saturated heterocycles. The van der Waals surface area contributed by atoms with E-state index in [1.807, 2.05) is 0 Å². The van der Waals surface area contributed by atoms with Gasteiger partial charge in [-0.2, -0.15) is 0 Å². The Kier molecular flexibility index (Phi) is 3.83. The number of nitrogens with zero attached hydrogens (tertiary/aromatic N) is 1. The Hall–Kier alpha value is -1.91. The van der Waals surface area contributed by atoms with E-state index in [1.54, 1.807) is 6.92 Å². The minimum absolute atomic E-state index is 0.0485. The highest BCUT2D eigenvalue weighted by molar-refractivity contribution is 5.99. The number of rotatable bonds is 3. The molecule has 0 atom stereocenters. The first-order valence-corrected chi connectivity index (χ1v) is 4.97. The third-order valence-corrected chi connectivity index (χ3v) is 2.18. The van der Waals surface area contributed by atoms with Crippen molar-refractivity contribution in [3.8, 4) is 0 Å². The molecule has 0 saturated carbocycles. The molecule has 0 aliphatic rings. The van der Waals surface area contributed by atoms with Crippen LogP contribution in [-0.2, 0) is 0 Å². The number of nitrogens with two attached hydrogens (primary N) is 1. The summed E-state index contributed by atoms with van der Waals surface area (Å²) >= 11 is 0. The van der Waals surface area contributed by atoms with Crippen LogP contribution in [0.25, 0.3) is 0 Å². The van der Waals surface area contributed by atoms with Crippen LogP contribution in [0.4, 0.5) is 14.5 Å². The van der Waals surface area contributed by atoms with Gasteiger partial charge in [0.05, 0.1) is 5.56 Å². The van der Waals surface area contributed by atoms with Crippen molar-refractivity contribution in [2.45, 2.75) is 6.92 Å². The van der Waals surface area contributed by atoms with E-state index in [0.29, 0.717) is 6.54 Å². The number of anilines is 1. The Balaban J connectivity index is 3.04. The van der Waals surface area contributed by atoms with Gasteiger partial charge in [-0.15, -0.1) is 0 Å². The Labute approximate surface area is 98.5 Å². The molecule has 5 heteroatoms. The van der Waals surface area contributed by atoms with Crippen LogP contribution in [0.3, 0.4) is 0 Å². The fraction of sp³-hybridized carbons (Fsp3) is 0.250. The zero-order chi connectivity index (χ0) is 13.2. The van der Waals surface area contributed by atoms with E-state index in [4.69, 9.17) is 5.73 Å². The first-order chi connectivity index (χ1) is 7.82.